The first-order valence-corrected chi connectivity index (χ1v) is 6.95. The van der Waals surface area contributed by atoms with Gasteiger partial charge in [-0.1, -0.05) is 6.07 Å². The lowest BCUT2D eigenvalue weighted by atomic mass is 10.2. The highest BCUT2D eigenvalue weighted by Crippen LogP contribution is 2.19. The molecular weight excluding hydrogens is 344 g/mol. The standard InChI is InChI=1S/C16H12F4N2O3/c17-9-2-1-3-10(6-9)25-8-14(24)21-7-13(23)22-12-5-4-11(18)15(19)16(12)20/h1-6H,7-8H2,(H,21,24)(H,22,23). The molecule has 2 amide bonds. The third-order valence-electron chi connectivity index (χ3n) is 2.92. The summed E-state index contributed by atoms with van der Waals surface area (Å²) < 4.78 is 57.1. The molecule has 2 N–H and O–H groups in total. The van der Waals surface area contributed by atoms with Crippen molar-refractivity contribution in [3.05, 3.63) is 59.7 Å². The van der Waals surface area contributed by atoms with Gasteiger partial charge < -0.3 is 15.4 Å². The summed E-state index contributed by atoms with van der Waals surface area (Å²) in [6.45, 7) is -1.03. The van der Waals surface area contributed by atoms with Crippen molar-refractivity contribution in [1.82, 2.24) is 5.32 Å². The number of nitrogens with one attached hydrogen (secondary N) is 2. The predicted octanol–water partition coefficient (Wildman–Crippen LogP) is 2.38. The van der Waals surface area contributed by atoms with E-state index in [0.717, 1.165) is 12.1 Å². The highest BCUT2D eigenvalue weighted by Gasteiger charge is 2.15. The Labute approximate surface area is 139 Å². The SMILES string of the molecule is O=C(COc1cccc(F)c1)NCC(=O)Nc1ccc(F)c(F)c1F. The maximum Gasteiger partial charge on any atom is 0.258 e. The average Bonchev–Trinajstić information content (AvgIpc) is 2.59. The molecular formula is C16H12F4N2O3. The van der Waals surface area contributed by atoms with Gasteiger partial charge in [-0.05, 0) is 24.3 Å². The molecule has 0 aliphatic heterocycles. The first-order valence-electron chi connectivity index (χ1n) is 6.95. The highest BCUT2D eigenvalue weighted by molar-refractivity contribution is 5.94. The molecule has 5 nitrogen and oxygen atoms in total. The van der Waals surface area contributed by atoms with Gasteiger partial charge in [-0.25, -0.2) is 17.6 Å². The van der Waals surface area contributed by atoms with Gasteiger partial charge in [-0.15, -0.1) is 0 Å². The van der Waals surface area contributed by atoms with Crippen molar-refractivity contribution in [2.75, 3.05) is 18.5 Å². The van der Waals surface area contributed by atoms with Crippen molar-refractivity contribution in [3.8, 4) is 5.75 Å². The summed E-state index contributed by atoms with van der Waals surface area (Å²) in [5.41, 5.74) is -0.561. The number of amides is 2. The molecule has 0 unspecified atom stereocenters. The minimum atomic E-state index is -1.72. The molecule has 0 fully saturated rings. The smallest absolute Gasteiger partial charge is 0.258 e. The Morgan fingerprint density at radius 2 is 1.72 bits per heavy atom. The molecule has 0 aliphatic rings. The highest BCUT2D eigenvalue weighted by atomic mass is 19.2. The van der Waals surface area contributed by atoms with E-state index in [1.54, 1.807) is 0 Å². The van der Waals surface area contributed by atoms with Gasteiger partial charge in [0.05, 0.1) is 12.2 Å². The average molecular weight is 356 g/mol. The van der Waals surface area contributed by atoms with Crippen molar-refractivity contribution in [2.45, 2.75) is 0 Å². The molecule has 0 saturated carbocycles. The predicted molar refractivity (Wildman–Crippen MR) is 79.9 cm³/mol. The van der Waals surface area contributed by atoms with Crippen LogP contribution in [-0.4, -0.2) is 25.0 Å². The van der Waals surface area contributed by atoms with E-state index in [2.05, 4.69) is 5.32 Å². The Balaban J connectivity index is 1.80. The van der Waals surface area contributed by atoms with Crippen LogP contribution in [0.15, 0.2) is 36.4 Å². The molecule has 0 aromatic heterocycles. The maximum atomic E-state index is 13.4. The lowest BCUT2D eigenvalue weighted by Crippen LogP contribution is -2.36. The zero-order chi connectivity index (χ0) is 18.4. The monoisotopic (exact) mass is 356 g/mol. The molecule has 0 aliphatic carbocycles. The fourth-order valence-electron chi connectivity index (χ4n) is 1.75. The number of hydrogen-bond donors (Lipinski definition) is 2. The van der Waals surface area contributed by atoms with E-state index in [-0.39, 0.29) is 5.75 Å². The molecule has 0 heterocycles. The second kappa shape index (κ2) is 8.13. The Bertz CT molecular complexity index is 799. The van der Waals surface area contributed by atoms with Crippen LogP contribution >= 0.6 is 0 Å². The summed E-state index contributed by atoms with van der Waals surface area (Å²) in [6, 6.07) is 6.61. The second-order valence-electron chi connectivity index (χ2n) is 4.79. The molecule has 2 aromatic rings. The number of ether oxygens (including phenoxy) is 1. The van der Waals surface area contributed by atoms with Gasteiger partial charge in [0.2, 0.25) is 5.91 Å². The zero-order valence-corrected chi connectivity index (χ0v) is 12.6. The Morgan fingerprint density at radius 1 is 0.960 bits per heavy atom. The molecule has 2 aromatic carbocycles. The molecule has 0 atom stereocenters. The molecule has 0 bridgehead atoms. The van der Waals surface area contributed by atoms with Crippen molar-refractivity contribution in [1.29, 1.82) is 0 Å². The van der Waals surface area contributed by atoms with Crippen LogP contribution in [0.3, 0.4) is 0 Å². The van der Waals surface area contributed by atoms with E-state index in [9.17, 15) is 27.2 Å². The van der Waals surface area contributed by atoms with Crippen LogP contribution in [0.2, 0.25) is 0 Å². The third kappa shape index (κ3) is 5.20. The number of anilines is 1. The van der Waals surface area contributed by atoms with Crippen LogP contribution in [-0.2, 0) is 9.59 Å². The minimum Gasteiger partial charge on any atom is -0.484 e. The molecule has 0 spiro atoms. The van der Waals surface area contributed by atoms with Crippen LogP contribution in [0.1, 0.15) is 0 Å². The summed E-state index contributed by atoms with van der Waals surface area (Å²) >= 11 is 0. The van der Waals surface area contributed by atoms with E-state index in [1.807, 2.05) is 5.32 Å². The summed E-state index contributed by atoms with van der Waals surface area (Å²) in [5.74, 6) is -6.61. The van der Waals surface area contributed by atoms with E-state index in [1.165, 1.54) is 18.2 Å². The summed E-state index contributed by atoms with van der Waals surface area (Å²) in [7, 11) is 0. The number of carbonyl (C=O) groups is 2. The van der Waals surface area contributed by atoms with E-state index in [0.29, 0.717) is 6.07 Å². The van der Waals surface area contributed by atoms with Gasteiger partial charge in [0.25, 0.3) is 5.91 Å². The normalized spacial score (nSPS) is 10.2. The van der Waals surface area contributed by atoms with Crippen molar-refractivity contribution < 1.29 is 31.9 Å². The maximum absolute atomic E-state index is 13.4. The largest absolute Gasteiger partial charge is 0.484 e. The van der Waals surface area contributed by atoms with E-state index >= 15 is 0 Å². The van der Waals surface area contributed by atoms with Gasteiger partial charge in [0.15, 0.2) is 24.1 Å². The molecule has 2 rings (SSSR count). The number of benzene rings is 2. The Hall–Kier alpha value is -3.10. The molecule has 9 heteroatoms. The first-order chi connectivity index (χ1) is 11.9. The first kappa shape index (κ1) is 18.2. The van der Waals surface area contributed by atoms with Crippen LogP contribution < -0.4 is 15.4 Å². The number of rotatable bonds is 6. The molecule has 132 valence electrons. The number of carbonyl (C=O) groups excluding carboxylic acids is 2. The zero-order valence-electron chi connectivity index (χ0n) is 12.6. The van der Waals surface area contributed by atoms with Gasteiger partial charge >= 0.3 is 0 Å². The Kier molecular flexibility index (Phi) is 5.93. The van der Waals surface area contributed by atoms with Gasteiger partial charge in [-0.2, -0.15) is 0 Å². The van der Waals surface area contributed by atoms with E-state index < -0.39 is 53.9 Å². The van der Waals surface area contributed by atoms with Crippen LogP contribution in [0.25, 0.3) is 0 Å². The molecule has 25 heavy (non-hydrogen) atoms. The summed E-state index contributed by atoms with van der Waals surface area (Å²) in [4.78, 5) is 23.1. The number of halogens is 4. The van der Waals surface area contributed by atoms with E-state index in [4.69, 9.17) is 4.74 Å². The Morgan fingerprint density at radius 3 is 2.44 bits per heavy atom. The molecule has 0 radical (unpaired) electrons. The van der Waals surface area contributed by atoms with Crippen molar-refractivity contribution >= 4 is 17.5 Å². The van der Waals surface area contributed by atoms with Gasteiger partial charge in [0, 0.05) is 6.07 Å². The van der Waals surface area contributed by atoms with Gasteiger partial charge in [0.1, 0.15) is 11.6 Å². The van der Waals surface area contributed by atoms with Gasteiger partial charge in [-0.3, -0.25) is 9.59 Å². The fraction of sp³-hybridized carbons (Fsp3) is 0.125. The lowest BCUT2D eigenvalue weighted by Gasteiger charge is -2.09. The summed E-state index contributed by atoms with van der Waals surface area (Å²) in [5, 5.41) is 4.16. The topological polar surface area (TPSA) is 67.4 Å². The van der Waals surface area contributed by atoms with Crippen molar-refractivity contribution in [2.24, 2.45) is 0 Å². The lowest BCUT2D eigenvalue weighted by molar-refractivity contribution is -0.125. The van der Waals surface area contributed by atoms with Crippen LogP contribution in [0.5, 0.6) is 5.75 Å². The minimum absolute atomic E-state index is 0.128. The second-order valence-corrected chi connectivity index (χ2v) is 4.79. The third-order valence-corrected chi connectivity index (χ3v) is 2.92. The quantitative estimate of drug-likeness (QED) is 0.617. The van der Waals surface area contributed by atoms with Crippen molar-refractivity contribution in [3.63, 3.8) is 0 Å². The number of hydrogen-bond acceptors (Lipinski definition) is 3. The fourth-order valence-corrected chi connectivity index (χ4v) is 1.75. The van der Waals surface area contributed by atoms with Crippen LogP contribution in [0, 0.1) is 23.3 Å². The summed E-state index contributed by atoms with van der Waals surface area (Å²) in [6.07, 6.45) is 0. The molecule has 0 saturated heterocycles. The van der Waals surface area contributed by atoms with Crippen LogP contribution in [0.4, 0.5) is 23.2 Å².